The molecule has 1 N–H and O–H groups in total. The number of rotatable bonds is 6. The second kappa shape index (κ2) is 7.04. The Kier molecular flexibility index (Phi) is 5.66. The molecule has 4 heteroatoms. The Morgan fingerprint density at radius 2 is 2.06 bits per heavy atom. The number of methoxy groups -OCH3 is 1. The third kappa shape index (κ3) is 3.84. The van der Waals surface area contributed by atoms with Crippen molar-refractivity contribution in [3.8, 4) is 0 Å². The number of carbonyl (C=O) groups excluding carboxylic acids is 1. The molecule has 1 rings (SSSR count). The van der Waals surface area contributed by atoms with Gasteiger partial charge in [-0.1, -0.05) is 30.3 Å². The van der Waals surface area contributed by atoms with E-state index in [-0.39, 0.29) is 25.2 Å². The molecule has 0 aromatic heterocycles. The van der Waals surface area contributed by atoms with Gasteiger partial charge in [0.25, 0.3) is 0 Å². The van der Waals surface area contributed by atoms with Crippen LogP contribution in [0.1, 0.15) is 18.0 Å². The van der Waals surface area contributed by atoms with Crippen LogP contribution in [0.5, 0.6) is 0 Å². The molecule has 0 saturated carbocycles. The smallest absolute Gasteiger partial charge is 0.248 e. The van der Waals surface area contributed by atoms with Gasteiger partial charge in [-0.2, -0.15) is 0 Å². The average molecular weight is 237 g/mol. The van der Waals surface area contributed by atoms with Crippen LogP contribution in [-0.2, 0) is 9.53 Å². The Labute approximate surface area is 102 Å². The van der Waals surface area contributed by atoms with Crippen LogP contribution in [0, 0.1) is 0 Å². The van der Waals surface area contributed by atoms with Crippen LogP contribution in [0.25, 0.3) is 0 Å². The van der Waals surface area contributed by atoms with Crippen molar-refractivity contribution in [3.05, 3.63) is 35.9 Å². The number of hydrogen-bond acceptors (Lipinski definition) is 3. The molecule has 94 valence electrons. The summed E-state index contributed by atoms with van der Waals surface area (Å²) in [6.45, 7) is 0.107. The first-order valence-corrected chi connectivity index (χ1v) is 5.61. The van der Waals surface area contributed by atoms with Gasteiger partial charge in [-0.25, -0.2) is 0 Å². The van der Waals surface area contributed by atoms with Crippen molar-refractivity contribution in [2.24, 2.45) is 0 Å². The summed E-state index contributed by atoms with van der Waals surface area (Å²) in [6, 6.07) is 9.58. The van der Waals surface area contributed by atoms with Crippen LogP contribution < -0.4 is 0 Å². The Hall–Kier alpha value is -1.39. The highest BCUT2D eigenvalue weighted by Gasteiger charge is 2.20. The van der Waals surface area contributed by atoms with Crippen LogP contribution >= 0.6 is 0 Å². The zero-order chi connectivity index (χ0) is 12.7. The Balaban J connectivity index is 2.82. The van der Waals surface area contributed by atoms with Gasteiger partial charge in [-0.3, -0.25) is 4.79 Å². The number of aliphatic hydroxyl groups is 1. The molecule has 17 heavy (non-hydrogen) atoms. The van der Waals surface area contributed by atoms with Crippen LogP contribution in [0.2, 0.25) is 0 Å². The summed E-state index contributed by atoms with van der Waals surface area (Å²) in [5.74, 6) is -0.0881. The summed E-state index contributed by atoms with van der Waals surface area (Å²) in [7, 11) is 3.23. The minimum absolute atomic E-state index is 0.0458. The summed E-state index contributed by atoms with van der Waals surface area (Å²) in [5, 5.41) is 9.09. The fourth-order valence-corrected chi connectivity index (χ4v) is 1.78. The quantitative estimate of drug-likeness (QED) is 0.809. The van der Waals surface area contributed by atoms with Crippen molar-refractivity contribution in [2.45, 2.75) is 12.5 Å². The summed E-state index contributed by atoms with van der Waals surface area (Å²) in [4.78, 5) is 13.4. The monoisotopic (exact) mass is 237 g/mol. The van der Waals surface area contributed by atoms with E-state index in [4.69, 9.17) is 9.84 Å². The topological polar surface area (TPSA) is 49.8 Å². The highest BCUT2D eigenvalue weighted by molar-refractivity contribution is 5.77. The van der Waals surface area contributed by atoms with E-state index in [0.29, 0.717) is 6.42 Å². The maximum Gasteiger partial charge on any atom is 0.248 e. The number of benzene rings is 1. The fraction of sp³-hybridized carbons (Fsp3) is 0.462. The highest BCUT2D eigenvalue weighted by atomic mass is 16.5. The number of likely N-dealkylation sites (N-methyl/N-ethyl adjacent to an activating group) is 1. The van der Waals surface area contributed by atoms with Crippen molar-refractivity contribution in [1.29, 1.82) is 0 Å². The van der Waals surface area contributed by atoms with Gasteiger partial charge in [0.15, 0.2) is 0 Å². The molecule has 0 aliphatic heterocycles. The molecule has 4 nitrogen and oxygen atoms in total. The molecule has 1 unspecified atom stereocenters. The number of amides is 1. The van der Waals surface area contributed by atoms with Gasteiger partial charge in [-0.05, 0) is 12.0 Å². The Morgan fingerprint density at radius 3 is 2.59 bits per heavy atom. The van der Waals surface area contributed by atoms with E-state index in [1.807, 2.05) is 30.3 Å². The van der Waals surface area contributed by atoms with E-state index in [9.17, 15) is 4.79 Å². The molecule has 1 aromatic rings. The first-order valence-electron chi connectivity index (χ1n) is 5.61. The first-order chi connectivity index (χ1) is 8.20. The molecule has 1 amide bonds. The number of ether oxygens (including phenoxy) is 1. The lowest BCUT2D eigenvalue weighted by Gasteiger charge is -2.28. The summed E-state index contributed by atoms with van der Waals surface area (Å²) >= 11 is 0. The van der Waals surface area contributed by atoms with E-state index in [0.717, 1.165) is 5.56 Å². The molecule has 0 aliphatic carbocycles. The Morgan fingerprint density at radius 1 is 1.41 bits per heavy atom. The molecule has 0 aliphatic rings. The number of aliphatic hydroxyl groups excluding tert-OH is 1. The van der Waals surface area contributed by atoms with Gasteiger partial charge in [0.1, 0.15) is 6.61 Å². The summed E-state index contributed by atoms with van der Waals surface area (Å²) < 4.78 is 4.84. The van der Waals surface area contributed by atoms with E-state index in [1.54, 1.807) is 11.9 Å². The highest BCUT2D eigenvalue weighted by Crippen LogP contribution is 2.22. The average Bonchev–Trinajstić information content (AvgIpc) is 2.36. The summed E-state index contributed by atoms with van der Waals surface area (Å²) in [6.07, 6.45) is 0.524. The molecule has 0 heterocycles. The van der Waals surface area contributed by atoms with E-state index in [1.165, 1.54) is 7.11 Å². The first kappa shape index (κ1) is 13.7. The van der Waals surface area contributed by atoms with Gasteiger partial charge in [0.05, 0.1) is 6.04 Å². The van der Waals surface area contributed by atoms with Crippen molar-refractivity contribution >= 4 is 5.91 Å². The second-order valence-corrected chi connectivity index (χ2v) is 3.88. The molecule has 0 spiro atoms. The second-order valence-electron chi connectivity index (χ2n) is 3.88. The van der Waals surface area contributed by atoms with Gasteiger partial charge in [-0.15, -0.1) is 0 Å². The maximum absolute atomic E-state index is 11.8. The van der Waals surface area contributed by atoms with Crippen molar-refractivity contribution in [3.63, 3.8) is 0 Å². The van der Waals surface area contributed by atoms with Crippen molar-refractivity contribution in [2.75, 3.05) is 27.4 Å². The van der Waals surface area contributed by atoms with Crippen LogP contribution in [0.4, 0.5) is 0 Å². The summed E-state index contributed by atoms with van der Waals surface area (Å²) in [5.41, 5.74) is 1.02. The van der Waals surface area contributed by atoms with Crippen LogP contribution in [0.3, 0.4) is 0 Å². The minimum Gasteiger partial charge on any atom is -0.396 e. The molecule has 1 atom stereocenters. The third-order valence-corrected chi connectivity index (χ3v) is 2.72. The number of carbonyl (C=O) groups is 1. The molecular formula is C13H19NO3. The molecule has 0 bridgehead atoms. The lowest BCUT2D eigenvalue weighted by atomic mass is 10.0. The van der Waals surface area contributed by atoms with Crippen molar-refractivity contribution in [1.82, 2.24) is 4.90 Å². The fourth-order valence-electron chi connectivity index (χ4n) is 1.78. The number of nitrogens with zero attached hydrogens (tertiary/aromatic N) is 1. The molecular weight excluding hydrogens is 218 g/mol. The lowest BCUT2D eigenvalue weighted by molar-refractivity contribution is -0.136. The lowest BCUT2D eigenvalue weighted by Crippen LogP contribution is -2.34. The van der Waals surface area contributed by atoms with Gasteiger partial charge >= 0.3 is 0 Å². The normalized spacial score (nSPS) is 12.2. The minimum atomic E-state index is -0.108. The predicted octanol–water partition coefficient (Wildman–Crippen LogP) is 1.21. The zero-order valence-corrected chi connectivity index (χ0v) is 10.3. The van der Waals surface area contributed by atoms with Crippen LogP contribution in [0.15, 0.2) is 30.3 Å². The predicted molar refractivity (Wildman–Crippen MR) is 65.5 cm³/mol. The molecule has 0 fully saturated rings. The SMILES string of the molecule is COCC(=O)N(C)C(CCO)c1ccccc1. The van der Waals surface area contributed by atoms with Crippen molar-refractivity contribution < 1.29 is 14.6 Å². The van der Waals surface area contributed by atoms with E-state index >= 15 is 0 Å². The zero-order valence-electron chi connectivity index (χ0n) is 10.3. The third-order valence-electron chi connectivity index (χ3n) is 2.72. The van der Waals surface area contributed by atoms with Crippen LogP contribution in [-0.4, -0.2) is 43.3 Å². The van der Waals surface area contributed by atoms with Gasteiger partial charge in [0.2, 0.25) is 5.91 Å². The Bertz CT molecular complexity index is 340. The van der Waals surface area contributed by atoms with Gasteiger partial charge in [0, 0.05) is 20.8 Å². The van der Waals surface area contributed by atoms with Gasteiger partial charge < -0.3 is 14.7 Å². The van der Waals surface area contributed by atoms with E-state index in [2.05, 4.69) is 0 Å². The standard InChI is InChI=1S/C13H19NO3/c1-14(13(16)10-17-2)12(8-9-15)11-6-4-3-5-7-11/h3-7,12,15H,8-10H2,1-2H3. The molecule has 0 radical (unpaired) electrons. The molecule has 0 saturated heterocycles. The number of hydrogen-bond donors (Lipinski definition) is 1. The van der Waals surface area contributed by atoms with E-state index < -0.39 is 0 Å². The maximum atomic E-state index is 11.8. The largest absolute Gasteiger partial charge is 0.396 e. The molecule has 1 aromatic carbocycles.